The van der Waals surface area contributed by atoms with Gasteiger partial charge in [0.15, 0.2) is 0 Å². The van der Waals surface area contributed by atoms with E-state index >= 15 is 0 Å². The minimum absolute atomic E-state index is 0.133. The van der Waals surface area contributed by atoms with E-state index in [4.69, 9.17) is 11.6 Å². The summed E-state index contributed by atoms with van der Waals surface area (Å²) in [4.78, 5) is 25.5. The highest BCUT2D eigenvalue weighted by Gasteiger charge is 2.33. The number of anilines is 1. The summed E-state index contributed by atoms with van der Waals surface area (Å²) in [5.41, 5.74) is 2.79. The van der Waals surface area contributed by atoms with E-state index in [0.717, 1.165) is 35.7 Å². The number of halogens is 1. The van der Waals surface area contributed by atoms with Gasteiger partial charge in [-0.05, 0) is 30.0 Å². The van der Waals surface area contributed by atoms with Crippen LogP contribution in [0.1, 0.15) is 42.2 Å². The van der Waals surface area contributed by atoms with Gasteiger partial charge in [0, 0.05) is 36.8 Å². The van der Waals surface area contributed by atoms with Crippen molar-refractivity contribution >= 4 is 23.3 Å². The van der Waals surface area contributed by atoms with E-state index in [1.165, 1.54) is 6.33 Å². The zero-order chi connectivity index (χ0) is 19.0. The molecule has 1 aromatic heterocycles. The average Bonchev–Trinajstić information content (AvgIpc) is 2.98. The molecule has 2 aromatic rings. The molecular weight excluding hydrogens is 364 g/mol. The van der Waals surface area contributed by atoms with E-state index in [2.05, 4.69) is 21.8 Å². The lowest BCUT2D eigenvalue weighted by atomic mass is 10.1. The van der Waals surface area contributed by atoms with Crippen molar-refractivity contribution in [2.24, 2.45) is 0 Å². The van der Waals surface area contributed by atoms with Gasteiger partial charge in [-0.2, -0.15) is 0 Å². The van der Waals surface area contributed by atoms with E-state index in [1.807, 2.05) is 29.2 Å². The molecule has 0 bridgehead atoms. The molecule has 7 heteroatoms. The molecule has 1 aliphatic carbocycles. The molecule has 1 aromatic carbocycles. The molecule has 0 saturated carbocycles. The number of carbonyl (C=O) groups excluding carboxylic acids is 1. The van der Waals surface area contributed by atoms with Crippen LogP contribution in [0.2, 0.25) is 5.02 Å². The van der Waals surface area contributed by atoms with Crippen molar-refractivity contribution in [1.29, 1.82) is 0 Å². The Hall–Kier alpha value is -2.18. The van der Waals surface area contributed by atoms with Gasteiger partial charge in [-0.15, -0.1) is 0 Å². The van der Waals surface area contributed by atoms with Crippen molar-refractivity contribution in [3.63, 3.8) is 0 Å². The molecule has 1 saturated heterocycles. The Morgan fingerprint density at radius 3 is 2.59 bits per heavy atom. The van der Waals surface area contributed by atoms with Crippen molar-refractivity contribution in [3.8, 4) is 0 Å². The van der Waals surface area contributed by atoms with Crippen molar-refractivity contribution in [2.75, 3.05) is 31.1 Å². The highest BCUT2D eigenvalue weighted by molar-refractivity contribution is 6.30. The number of carbonyl (C=O) groups is 1. The minimum atomic E-state index is -0.501. The van der Waals surface area contributed by atoms with Crippen LogP contribution in [0.25, 0.3) is 0 Å². The lowest BCUT2D eigenvalue weighted by Crippen LogP contribution is -2.49. The number of amides is 1. The third kappa shape index (κ3) is 3.64. The van der Waals surface area contributed by atoms with E-state index in [0.29, 0.717) is 31.0 Å². The predicted octanol–water partition coefficient (Wildman–Crippen LogP) is 2.56. The first-order valence-electron chi connectivity index (χ1n) is 9.33. The smallest absolute Gasteiger partial charge is 0.227 e. The molecule has 4 rings (SSSR count). The second-order valence-electron chi connectivity index (χ2n) is 7.32. The summed E-state index contributed by atoms with van der Waals surface area (Å²) >= 11 is 5.90. The summed E-state index contributed by atoms with van der Waals surface area (Å²) in [5.74, 6) is 1.29. The average molecular weight is 387 g/mol. The Balaban J connectivity index is 1.41. The quantitative estimate of drug-likeness (QED) is 0.877. The molecular formula is C20H23ClN4O2. The Morgan fingerprint density at radius 1 is 1.19 bits per heavy atom. The first kappa shape index (κ1) is 18.2. The lowest BCUT2D eigenvalue weighted by molar-refractivity contribution is -0.130. The van der Waals surface area contributed by atoms with Crippen molar-refractivity contribution < 1.29 is 9.90 Å². The van der Waals surface area contributed by atoms with Crippen LogP contribution in [0.4, 0.5) is 5.82 Å². The summed E-state index contributed by atoms with van der Waals surface area (Å²) < 4.78 is 0. The highest BCUT2D eigenvalue weighted by Crippen LogP contribution is 2.42. The SMILES string of the molecule is C[C@@H]1C[C@@H](O)c2ncnc(N3CCN(C(=O)Cc4ccc(Cl)cc4)CC3)c21. The van der Waals surface area contributed by atoms with Gasteiger partial charge in [-0.1, -0.05) is 30.7 Å². The third-order valence-electron chi connectivity index (χ3n) is 5.48. The van der Waals surface area contributed by atoms with Crippen LogP contribution in [0.3, 0.4) is 0 Å². The maximum Gasteiger partial charge on any atom is 0.227 e. The minimum Gasteiger partial charge on any atom is -0.387 e. The summed E-state index contributed by atoms with van der Waals surface area (Å²) in [6.07, 6.45) is 2.12. The standard InChI is InChI=1S/C20H23ClN4O2/c1-13-10-16(26)19-18(13)20(23-12-22-19)25-8-6-24(7-9-25)17(27)11-14-2-4-15(21)5-3-14/h2-5,12-13,16,26H,6-11H2,1H3/t13-,16-/m1/s1. The van der Waals surface area contributed by atoms with E-state index in [1.54, 1.807) is 0 Å². The molecule has 0 unspecified atom stereocenters. The summed E-state index contributed by atoms with van der Waals surface area (Å²) in [5, 5.41) is 10.9. The van der Waals surface area contributed by atoms with Crippen molar-refractivity contribution in [1.82, 2.24) is 14.9 Å². The topological polar surface area (TPSA) is 69.6 Å². The largest absolute Gasteiger partial charge is 0.387 e. The molecule has 1 aliphatic heterocycles. The van der Waals surface area contributed by atoms with Crippen LogP contribution in [-0.2, 0) is 11.2 Å². The maximum atomic E-state index is 12.6. The number of rotatable bonds is 3. The third-order valence-corrected chi connectivity index (χ3v) is 5.73. The predicted molar refractivity (Wildman–Crippen MR) is 104 cm³/mol. The normalized spacial score (nSPS) is 22.0. The monoisotopic (exact) mass is 386 g/mol. The number of hydrogen-bond acceptors (Lipinski definition) is 5. The number of aromatic nitrogens is 2. The van der Waals surface area contributed by atoms with Crippen LogP contribution in [0, 0.1) is 0 Å². The number of aliphatic hydroxyl groups is 1. The van der Waals surface area contributed by atoms with Gasteiger partial charge >= 0.3 is 0 Å². The van der Waals surface area contributed by atoms with Crippen molar-refractivity contribution in [3.05, 3.63) is 52.4 Å². The zero-order valence-corrected chi connectivity index (χ0v) is 16.1. The number of nitrogens with zero attached hydrogens (tertiary/aromatic N) is 4. The maximum absolute atomic E-state index is 12.6. The molecule has 0 spiro atoms. The molecule has 6 nitrogen and oxygen atoms in total. The Labute approximate surface area is 163 Å². The Bertz CT molecular complexity index is 834. The van der Waals surface area contributed by atoms with Gasteiger partial charge in [0.25, 0.3) is 0 Å². The second kappa shape index (κ2) is 7.44. The lowest BCUT2D eigenvalue weighted by Gasteiger charge is -2.36. The number of hydrogen-bond donors (Lipinski definition) is 1. The summed E-state index contributed by atoms with van der Waals surface area (Å²) in [6, 6.07) is 7.42. The molecule has 2 heterocycles. The van der Waals surface area contributed by atoms with Gasteiger partial charge < -0.3 is 14.9 Å². The molecule has 2 aliphatic rings. The van der Waals surface area contributed by atoms with Crippen LogP contribution in [0.15, 0.2) is 30.6 Å². The zero-order valence-electron chi connectivity index (χ0n) is 15.3. The molecule has 142 valence electrons. The summed E-state index contributed by atoms with van der Waals surface area (Å²) in [6.45, 7) is 4.91. The van der Waals surface area contributed by atoms with Crippen LogP contribution in [0.5, 0.6) is 0 Å². The fraction of sp³-hybridized carbons (Fsp3) is 0.450. The molecule has 0 radical (unpaired) electrons. The van der Waals surface area contributed by atoms with Crippen LogP contribution < -0.4 is 4.90 Å². The molecule has 1 N–H and O–H groups in total. The van der Waals surface area contributed by atoms with E-state index in [-0.39, 0.29) is 11.8 Å². The number of benzene rings is 1. The molecule has 1 fully saturated rings. The van der Waals surface area contributed by atoms with Gasteiger partial charge in [-0.3, -0.25) is 4.79 Å². The number of aliphatic hydroxyl groups excluding tert-OH is 1. The van der Waals surface area contributed by atoms with E-state index in [9.17, 15) is 9.90 Å². The van der Waals surface area contributed by atoms with Gasteiger partial charge in [0.1, 0.15) is 12.1 Å². The van der Waals surface area contributed by atoms with Crippen molar-refractivity contribution in [2.45, 2.75) is 31.8 Å². The number of fused-ring (bicyclic) bond motifs is 1. The molecule has 2 atom stereocenters. The Morgan fingerprint density at radius 2 is 1.89 bits per heavy atom. The Kier molecular flexibility index (Phi) is 5.02. The van der Waals surface area contributed by atoms with Crippen LogP contribution >= 0.6 is 11.6 Å². The van der Waals surface area contributed by atoms with Gasteiger partial charge in [-0.25, -0.2) is 9.97 Å². The first-order valence-corrected chi connectivity index (χ1v) is 9.70. The second-order valence-corrected chi connectivity index (χ2v) is 7.76. The molecule has 27 heavy (non-hydrogen) atoms. The fourth-order valence-corrected chi connectivity index (χ4v) is 4.14. The highest BCUT2D eigenvalue weighted by atomic mass is 35.5. The molecule has 1 amide bonds. The summed E-state index contributed by atoms with van der Waals surface area (Å²) in [7, 11) is 0. The van der Waals surface area contributed by atoms with Crippen LogP contribution in [-0.4, -0.2) is 52.1 Å². The fourth-order valence-electron chi connectivity index (χ4n) is 4.01. The number of piperazine rings is 1. The first-order chi connectivity index (χ1) is 13.0. The van der Waals surface area contributed by atoms with Gasteiger partial charge in [0.2, 0.25) is 5.91 Å². The van der Waals surface area contributed by atoms with Gasteiger partial charge in [0.05, 0.1) is 18.2 Å². The van der Waals surface area contributed by atoms with E-state index < -0.39 is 6.10 Å².